The largest absolute Gasteiger partial charge is 0.227 e. The first-order chi connectivity index (χ1) is 5.74. The quantitative estimate of drug-likeness (QED) is 0.445. The lowest BCUT2D eigenvalue weighted by Crippen LogP contribution is -1.77. The van der Waals surface area contributed by atoms with Gasteiger partial charge in [-0.25, -0.2) is 8.42 Å². The molecule has 0 bridgehead atoms. The molecular weight excluding hydrogens is 194 g/mol. The molecule has 1 aromatic rings. The van der Waals surface area contributed by atoms with Gasteiger partial charge in [0.1, 0.15) is 0 Å². The minimum absolute atomic E-state index is 0.272. The van der Waals surface area contributed by atoms with Crippen molar-refractivity contribution in [2.75, 3.05) is 0 Å². The van der Waals surface area contributed by atoms with Crippen molar-refractivity contribution in [3.8, 4) is 0 Å². The number of thiocarbonyl (C=S) groups is 1. The Morgan fingerprint density at radius 3 is 2.25 bits per heavy atom. The lowest BCUT2D eigenvalue weighted by atomic mass is 10.3. The maximum atomic E-state index is 10.4. The average Bonchev–Trinajstić information content (AvgIpc) is 2.06. The molecule has 0 unspecified atom stereocenters. The highest BCUT2D eigenvalue weighted by Gasteiger charge is 1.93. The molecule has 0 fully saturated rings. The third-order valence-electron chi connectivity index (χ3n) is 1.24. The Morgan fingerprint density at radius 2 is 1.83 bits per heavy atom. The smallest absolute Gasteiger partial charge is 0.168 e. The van der Waals surface area contributed by atoms with Crippen molar-refractivity contribution in [3.63, 3.8) is 0 Å². The van der Waals surface area contributed by atoms with E-state index in [4.69, 9.17) is 0 Å². The van der Waals surface area contributed by atoms with Gasteiger partial charge in [-0.15, -0.1) is 0 Å². The third kappa shape index (κ3) is 2.23. The Kier molecular flexibility index (Phi) is 3.10. The summed E-state index contributed by atoms with van der Waals surface area (Å²) in [6.45, 7) is 0. The van der Waals surface area contributed by atoms with Gasteiger partial charge in [0.15, 0.2) is 10.7 Å². The second-order valence-corrected chi connectivity index (χ2v) is 3.19. The summed E-state index contributed by atoms with van der Waals surface area (Å²) in [5.74, 6) is 0. The summed E-state index contributed by atoms with van der Waals surface area (Å²) in [4.78, 5) is 3.95. The van der Waals surface area contributed by atoms with Crippen molar-refractivity contribution >= 4 is 33.8 Å². The highest BCUT2D eigenvalue weighted by atomic mass is 32.2. The number of nitrogens with zero attached hydrogens (tertiary/aromatic N) is 1. The van der Waals surface area contributed by atoms with E-state index in [1.165, 1.54) is 12.1 Å². The van der Waals surface area contributed by atoms with Crippen LogP contribution in [0.15, 0.2) is 34.2 Å². The summed E-state index contributed by atoms with van der Waals surface area (Å²) in [5, 5.41) is 2.19. The molecule has 0 aromatic heterocycles. The fourth-order valence-electron chi connectivity index (χ4n) is 0.702. The van der Waals surface area contributed by atoms with E-state index in [1.54, 1.807) is 12.1 Å². The molecule has 0 atom stereocenters. The first kappa shape index (κ1) is 9.06. The molecule has 1 rings (SSSR count). The zero-order valence-electron chi connectivity index (χ0n) is 5.93. The highest BCUT2D eigenvalue weighted by Crippen LogP contribution is 2.12. The van der Waals surface area contributed by atoms with Crippen LogP contribution in [0.2, 0.25) is 0 Å². The van der Waals surface area contributed by atoms with Crippen LogP contribution in [0.4, 0.5) is 5.69 Å². The van der Waals surface area contributed by atoms with Crippen LogP contribution >= 0.6 is 12.2 Å². The van der Waals surface area contributed by atoms with Crippen LogP contribution in [0.3, 0.4) is 0 Å². The van der Waals surface area contributed by atoms with Crippen LogP contribution in [-0.4, -0.2) is 13.6 Å². The van der Waals surface area contributed by atoms with E-state index in [9.17, 15) is 8.42 Å². The Labute approximate surface area is 76.7 Å². The zero-order chi connectivity index (χ0) is 8.97. The molecule has 0 heterocycles. The van der Waals surface area contributed by atoms with Gasteiger partial charge in [-0.05, 0) is 36.5 Å². The molecule has 62 valence electrons. The molecule has 3 nitrogen and oxygen atoms in total. The van der Waals surface area contributed by atoms with Crippen LogP contribution in [0, 0.1) is 0 Å². The van der Waals surface area contributed by atoms with Gasteiger partial charge in [-0.2, -0.15) is 4.99 Å². The van der Waals surface area contributed by atoms with Gasteiger partial charge in [-0.1, -0.05) is 0 Å². The van der Waals surface area contributed by atoms with E-state index < -0.39 is 10.7 Å². The van der Waals surface area contributed by atoms with Crippen molar-refractivity contribution in [3.05, 3.63) is 24.3 Å². The van der Waals surface area contributed by atoms with Gasteiger partial charge in [-0.3, -0.25) is 0 Å². The summed E-state index contributed by atoms with van der Waals surface area (Å²) < 4.78 is 20.9. The normalized spacial score (nSPS) is 9.42. The molecule has 0 aliphatic carbocycles. The second kappa shape index (κ2) is 4.11. The minimum atomic E-state index is -2.51. The zero-order valence-corrected chi connectivity index (χ0v) is 7.64. The second-order valence-electron chi connectivity index (χ2n) is 1.98. The molecule has 1 aromatic carbocycles. The first-order valence-corrected chi connectivity index (χ1v) is 4.65. The summed E-state index contributed by atoms with van der Waals surface area (Å²) in [6, 6.07) is 6.08. The highest BCUT2D eigenvalue weighted by molar-refractivity contribution is 7.78. The molecular formula is C7H5NO2S2. The number of rotatable bonds is 2. The summed E-state index contributed by atoms with van der Waals surface area (Å²) in [5.41, 5.74) is 0.602. The van der Waals surface area contributed by atoms with E-state index in [2.05, 4.69) is 22.4 Å². The lowest BCUT2D eigenvalue weighted by Gasteiger charge is -1.90. The van der Waals surface area contributed by atoms with Gasteiger partial charge in [0.25, 0.3) is 0 Å². The minimum Gasteiger partial charge on any atom is -0.227 e. The number of thiol groups is 1. The molecule has 0 saturated carbocycles. The van der Waals surface area contributed by atoms with Crippen LogP contribution < -0.4 is 0 Å². The fourth-order valence-corrected chi connectivity index (χ4v) is 1.20. The SMILES string of the molecule is O=[SH](=O)c1ccc(N=C=S)cc1. The number of benzene rings is 1. The van der Waals surface area contributed by atoms with E-state index in [0.717, 1.165) is 0 Å². The molecule has 12 heavy (non-hydrogen) atoms. The molecule has 0 spiro atoms. The van der Waals surface area contributed by atoms with Crippen molar-refractivity contribution < 1.29 is 8.42 Å². The molecule has 0 aliphatic rings. The first-order valence-electron chi connectivity index (χ1n) is 3.06. The van der Waals surface area contributed by atoms with Crippen molar-refractivity contribution in [2.24, 2.45) is 4.99 Å². The molecule has 0 saturated heterocycles. The van der Waals surface area contributed by atoms with Gasteiger partial charge >= 0.3 is 0 Å². The Balaban J connectivity index is 3.08. The third-order valence-corrected chi connectivity index (χ3v) is 2.05. The topological polar surface area (TPSA) is 46.5 Å². The Bertz CT molecular complexity index is 380. The molecule has 5 heteroatoms. The number of hydrogen-bond acceptors (Lipinski definition) is 4. The van der Waals surface area contributed by atoms with Crippen molar-refractivity contribution in [1.29, 1.82) is 0 Å². The standard InChI is InChI=1S/C7H5NO2S2/c9-12(10)7-3-1-6(2-4-7)8-5-11/h1-4,12H. The predicted octanol–water partition coefficient (Wildman–Crippen LogP) is 1.39. The van der Waals surface area contributed by atoms with E-state index in [-0.39, 0.29) is 4.90 Å². The average molecular weight is 199 g/mol. The predicted molar refractivity (Wildman–Crippen MR) is 49.7 cm³/mol. The molecule has 0 radical (unpaired) electrons. The van der Waals surface area contributed by atoms with Gasteiger partial charge in [0.05, 0.1) is 15.7 Å². The van der Waals surface area contributed by atoms with Crippen molar-refractivity contribution in [1.82, 2.24) is 0 Å². The number of isothiocyanates is 1. The maximum Gasteiger partial charge on any atom is 0.168 e. The van der Waals surface area contributed by atoms with Crippen molar-refractivity contribution in [2.45, 2.75) is 4.90 Å². The molecule has 0 N–H and O–H groups in total. The van der Waals surface area contributed by atoms with Gasteiger partial charge in [0, 0.05) is 0 Å². The van der Waals surface area contributed by atoms with E-state index in [1.807, 2.05) is 0 Å². The van der Waals surface area contributed by atoms with Gasteiger partial charge < -0.3 is 0 Å². The van der Waals surface area contributed by atoms with Crippen LogP contribution in [0.1, 0.15) is 0 Å². The Morgan fingerprint density at radius 1 is 1.25 bits per heavy atom. The van der Waals surface area contributed by atoms with E-state index in [0.29, 0.717) is 5.69 Å². The number of hydrogen-bond donors (Lipinski definition) is 1. The van der Waals surface area contributed by atoms with Gasteiger partial charge in [0.2, 0.25) is 0 Å². The fraction of sp³-hybridized carbons (Fsp3) is 0. The number of aliphatic imine (C=N–C) groups is 1. The molecule has 0 amide bonds. The lowest BCUT2D eigenvalue weighted by molar-refractivity contribution is 0.614. The molecule has 0 aliphatic heterocycles. The van der Waals surface area contributed by atoms with Crippen LogP contribution in [0.5, 0.6) is 0 Å². The summed E-state index contributed by atoms with van der Waals surface area (Å²) >= 11 is 4.38. The monoisotopic (exact) mass is 199 g/mol. The maximum absolute atomic E-state index is 10.4. The van der Waals surface area contributed by atoms with Crippen LogP contribution in [0.25, 0.3) is 0 Å². The summed E-state index contributed by atoms with van der Waals surface area (Å²) in [7, 11) is -2.51. The Hall–Kier alpha value is -1.03. The summed E-state index contributed by atoms with van der Waals surface area (Å²) in [6.07, 6.45) is 0. The van der Waals surface area contributed by atoms with Crippen LogP contribution in [-0.2, 0) is 10.7 Å². The van der Waals surface area contributed by atoms with E-state index >= 15 is 0 Å².